The van der Waals surface area contributed by atoms with Gasteiger partial charge in [0, 0.05) is 36.1 Å². The van der Waals surface area contributed by atoms with Gasteiger partial charge in [0.05, 0.1) is 24.6 Å². The summed E-state index contributed by atoms with van der Waals surface area (Å²) >= 11 is 7.23. The van der Waals surface area contributed by atoms with E-state index in [9.17, 15) is 9.18 Å². The first-order valence-corrected chi connectivity index (χ1v) is 11.8. The molecule has 13 heteroatoms. The molecule has 5 aromatic rings. The molecule has 182 valence electrons. The molecular weight excluding hydrogens is 507 g/mol. The van der Waals surface area contributed by atoms with Gasteiger partial charge in [0.2, 0.25) is 0 Å². The van der Waals surface area contributed by atoms with Crippen molar-refractivity contribution in [3.05, 3.63) is 58.5 Å². The number of aryl methyl sites for hydroxylation is 3. The zero-order chi connectivity index (χ0) is 25.6. The third-order valence-electron chi connectivity index (χ3n) is 5.41. The van der Waals surface area contributed by atoms with Crippen LogP contribution in [0.2, 0.25) is 5.15 Å². The Labute approximate surface area is 213 Å². The van der Waals surface area contributed by atoms with Crippen LogP contribution in [-0.4, -0.2) is 47.9 Å². The monoisotopic (exact) mass is 524 g/mol. The fraction of sp³-hybridized carbons (Fsp3) is 0.174. The summed E-state index contributed by atoms with van der Waals surface area (Å²) in [7, 11) is 3.17. The van der Waals surface area contributed by atoms with Gasteiger partial charge in [0.15, 0.2) is 10.9 Å². The Morgan fingerprint density at radius 3 is 2.67 bits per heavy atom. The summed E-state index contributed by atoms with van der Waals surface area (Å²) in [6.07, 6.45) is 2.95. The number of methoxy groups -OCH3 is 1. The molecule has 0 saturated heterocycles. The summed E-state index contributed by atoms with van der Waals surface area (Å²) in [6.45, 7) is 3.54. The maximum atomic E-state index is 14.9. The van der Waals surface area contributed by atoms with Gasteiger partial charge < -0.3 is 4.74 Å². The third-order valence-corrected chi connectivity index (χ3v) is 6.49. The second-order valence-electron chi connectivity index (χ2n) is 7.84. The molecule has 0 saturated carbocycles. The van der Waals surface area contributed by atoms with E-state index < -0.39 is 11.7 Å². The molecule has 0 aliphatic rings. The van der Waals surface area contributed by atoms with Crippen LogP contribution in [0.15, 0.2) is 30.6 Å². The number of hydrogen-bond acceptors (Lipinski definition) is 9. The van der Waals surface area contributed by atoms with Gasteiger partial charge in [-0.05, 0) is 26.0 Å². The Balaban J connectivity index is 1.52. The summed E-state index contributed by atoms with van der Waals surface area (Å²) < 4.78 is 21.8. The smallest absolute Gasteiger partial charge is 0.259 e. The van der Waals surface area contributed by atoms with Gasteiger partial charge in [-0.3, -0.25) is 15.1 Å². The Kier molecular flexibility index (Phi) is 6.06. The first-order chi connectivity index (χ1) is 17.2. The average Bonchev–Trinajstić information content (AvgIpc) is 3.39. The number of pyridine rings is 3. The predicted octanol–water partition coefficient (Wildman–Crippen LogP) is 4.61. The van der Waals surface area contributed by atoms with Gasteiger partial charge in [0.25, 0.3) is 5.91 Å². The van der Waals surface area contributed by atoms with Crippen LogP contribution in [0.3, 0.4) is 0 Å². The molecule has 36 heavy (non-hydrogen) atoms. The fourth-order valence-corrected chi connectivity index (χ4v) is 4.74. The summed E-state index contributed by atoms with van der Waals surface area (Å²) in [5, 5.41) is 11.1. The Morgan fingerprint density at radius 2 is 1.94 bits per heavy atom. The highest BCUT2D eigenvalue weighted by molar-refractivity contribution is 7.22. The van der Waals surface area contributed by atoms with Gasteiger partial charge in [-0.15, -0.1) is 5.10 Å². The van der Waals surface area contributed by atoms with Crippen molar-refractivity contribution in [3.8, 4) is 28.3 Å². The lowest BCUT2D eigenvalue weighted by molar-refractivity contribution is 0.102. The van der Waals surface area contributed by atoms with Crippen molar-refractivity contribution in [1.82, 2.24) is 34.9 Å². The van der Waals surface area contributed by atoms with E-state index in [1.54, 1.807) is 26.1 Å². The zero-order valence-corrected chi connectivity index (χ0v) is 21.1. The van der Waals surface area contributed by atoms with E-state index in [1.807, 2.05) is 6.92 Å². The molecule has 0 aromatic carbocycles. The van der Waals surface area contributed by atoms with Crippen LogP contribution >= 0.6 is 22.9 Å². The quantitative estimate of drug-likeness (QED) is 0.331. The number of halogens is 2. The third kappa shape index (κ3) is 4.25. The Hall–Kier alpha value is -4.03. The zero-order valence-electron chi connectivity index (χ0n) is 19.5. The van der Waals surface area contributed by atoms with Gasteiger partial charge in [-0.1, -0.05) is 28.2 Å². The largest absolute Gasteiger partial charge is 0.494 e. The number of nitrogens with one attached hydrogen (secondary N) is 1. The molecule has 1 N–H and O–H groups in total. The van der Waals surface area contributed by atoms with Crippen LogP contribution in [-0.2, 0) is 7.05 Å². The van der Waals surface area contributed by atoms with Crippen molar-refractivity contribution < 1.29 is 13.9 Å². The van der Waals surface area contributed by atoms with Gasteiger partial charge in [-0.2, -0.15) is 0 Å². The molecule has 0 aliphatic heterocycles. The number of ether oxygens (including phenoxy) is 1. The van der Waals surface area contributed by atoms with Crippen molar-refractivity contribution in [2.24, 2.45) is 7.05 Å². The standard InChI is InChI=1S/C23H18ClFN8O2S/c1-10-5-12(13-6-18(24)27-9-17(13)35-4)14(8-26-10)21(34)30-23-28-16-7-15(25)19(29-22(16)36-23)20-11(2)31-32-33(20)3/h5-9H,1-4H3,(H,28,30,34). The van der Waals surface area contributed by atoms with E-state index in [-0.39, 0.29) is 21.5 Å². The minimum absolute atomic E-state index is 0.112. The molecule has 0 fully saturated rings. The van der Waals surface area contributed by atoms with Crippen molar-refractivity contribution in [1.29, 1.82) is 0 Å². The van der Waals surface area contributed by atoms with Crippen molar-refractivity contribution in [2.45, 2.75) is 13.8 Å². The highest BCUT2D eigenvalue weighted by atomic mass is 35.5. The van der Waals surface area contributed by atoms with Crippen LogP contribution in [0, 0.1) is 19.7 Å². The number of fused-ring (bicyclic) bond motifs is 1. The van der Waals surface area contributed by atoms with Crippen LogP contribution in [0.25, 0.3) is 32.9 Å². The lowest BCUT2D eigenvalue weighted by atomic mass is 10.0. The fourth-order valence-electron chi connectivity index (χ4n) is 3.76. The lowest BCUT2D eigenvalue weighted by Crippen LogP contribution is -2.14. The van der Waals surface area contributed by atoms with E-state index in [1.165, 1.54) is 30.3 Å². The molecule has 0 bridgehead atoms. The highest BCUT2D eigenvalue weighted by Gasteiger charge is 2.21. The van der Waals surface area contributed by atoms with Crippen LogP contribution in [0.4, 0.5) is 9.52 Å². The number of nitrogens with zero attached hydrogens (tertiary/aromatic N) is 7. The summed E-state index contributed by atoms with van der Waals surface area (Å²) in [5.41, 5.74) is 3.57. The summed E-state index contributed by atoms with van der Waals surface area (Å²) in [5.74, 6) is -0.573. The first kappa shape index (κ1) is 23.7. The molecule has 0 radical (unpaired) electrons. The van der Waals surface area contributed by atoms with E-state index >= 15 is 0 Å². The minimum atomic E-state index is -0.564. The normalized spacial score (nSPS) is 11.2. The van der Waals surface area contributed by atoms with Crippen LogP contribution < -0.4 is 10.1 Å². The van der Waals surface area contributed by atoms with Gasteiger partial charge >= 0.3 is 0 Å². The SMILES string of the molecule is COc1cnc(Cl)cc1-c1cc(C)ncc1C(=O)Nc1nc2cc(F)c(-c3c(C)nnn3C)nc2s1. The second kappa shape index (κ2) is 9.21. The minimum Gasteiger partial charge on any atom is -0.494 e. The molecule has 0 unspecified atom stereocenters. The van der Waals surface area contributed by atoms with E-state index in [0.29, 0.717) is 44.3 Å². The van der Waals surface area contributed by atoms with Crippen molar-refractivity contribution in [3.63, 3.8) is 0 Å². The molecule has 0 atom stereocenters. The van der Waals surface area contributed by atoms with Gasteiger partial charge in [0.1, 0.15) is 32.6 Å². The number of carbonyl (C=O) groups is 1. The average molecular weight is 525 g/mol. The number of aromatic nitrogens is 7. The Bertz CT molecular complexity index is 1630. The van der Waals surface area contributed by atoms with E-state index in [2.05, 4.69) is 35.6 Å². The lowest BCUT2D eigenvalue weighted by Gasteiger charge is -2.13. The molecule has 5 rings (SSSR count). The van der Waals surface area contributed by atoms with Crippen molar-refractivity contribution >= 4 is 44.3 Å². The number of hydrogen-bond donors (Lipinski definition) is 1. The van der Waals surface area contributed by atoms with Crippen LogP contribution in [0.5, 0.6) is 5.75 Å². The maximum Gasteiger partial charge on any atom is 0.259 e. The first-order valence-electron chi connectivity index (χ1n) is 10.6. The second-order valence-corrected chi connectivity index (χ2v) is 9.21. The molecule has 0 spiro atoms. The maximum absolute atomic E-state index is 14.9. The number of amides is 1. The molecule has 5 aromatic heterocycles. The summed E-state index contributed by atoms with van der Waals surface area (Å²) in [6, 6.07) is 4.65. The summed E-state index contributed by atoms with van der Waals surface area (Å²) in [4.78, 5) is 30.8. The number of carbonyl (C=O) groups excluding carboxylic acids is 1. The van der Waals surface area contributed by atoms with Gasteiger partial charge in [-0.25, -0.2) is 24.0 Å². The Morgan fingerprint density at radius 1 is 1.14 bits per heavy atom. The topological polar surface area (TPSA) is 121 Å². The molecule has 10 nitrogen and oxygen atoms in total. The number of anilines is 1. The molecule has 1 amide bonds. The van der Waals surface area contributed by atoms with Crippen LogP contribution in [0.1, 0.15) is 21.7 Å². The molecular formula is C23H18ClFN8O2S. The predicted molar refractivity (Wildman–Crippen MR) is 134 cm³/mol. The molecule has 0 aliphatic carbocycles. The van der Waals surface area contributed by atoms with E-state index in [4.69, 9.17) is 16.3 Å². The van der Waals surface area contributed by atoms with Crippen molar-refractivity contribution in [2.75, 3.05) is 12.4 Å². The highest BCUT2D eigenvalue weighted by Crippen LogP contribution is 2.35. The number of rotatable bonds is 5. The number of thiazole rings is 1. The van der Waals surface area contributed by atoms with E-state index in [0.717, 1.165) is 11.3 Å². The molecule has 5 heterocycles.